The van der Waals surface area contributed by atoms with Crippen molar-refractivity contribution < 1.29 is 9.53 Å². The number of nitrogens with two attached hydrogens (primary N) is 1. The number of esters is 1. The van der Waals surface area contributed by atoms with Crippen LogP contribution in [0.2, 0.25) is 0 Å². The average Bonchev–Trinajstić information content (AvgIpc) is 3.10. The number of thiophene rings is 1. The highest BCUT2D eigenvalue weighted by Crippen LogP contribution is 2.42. The van der Waals surface area contributed by atoms with Crippen LogP contribution in [0, 0.1) is 5.92 Å². The number of ether oxygens (including phenoxy) is 1. The van der Waals surface area contributed by atoms with E-state index in [1.165, 1.54) is 31.3 Å². The molecule has 1 aliphatic rings. The molecule has 0 radical (unpaired) electrons. The van der Waals surface area contributed by atoms with E-state index >= 15 is 0 Å². The van der Waals surface area contributed by atoms with Crippen molar-refractivity contribution in [3.63, 3.8) is 0 Å². The lowest BCUT2D eigenvalue weighted by atomic mass is 10.4. The summed E-state index contributed by atoms with van der Waals surface area (Å²) in [7, 11) is 1.37. The average molecular weight is 272 g/mol. The highest BCUT2D eigenvalue weighted by atomic mass is 32.2. The number of hydrogen-bond acceptors (Lipinski definition) is 6. The second-order valence-corrected chi connectivity index (χ2v) is 5.86. The molecule has 1 aromatic rings. The first-order valence-corrected chi connectivity index (χ1v) is 7.50. The highest BCUT2D eigenvalue weighted by Gasteiger charge is 2.24. The van der Waals surface area contributed by atoms with E-state index in [2.05, 4.69) is 5.32 Å². The van der Waals surface area contributed by atoms with Gasteiger partial charge in [-0.15, -0.1) is 23.1 Å². The maximum absolute atomic E-state index is 11.5. The van der Waals surface area contributed by atoms with E-state index in [1.54, 1.807) is 11.8 Å². The molecule has 1 saturated carbocycles. The number of nitrogens with one attached hydrogen (secondary N) is 1. The molecule has 1 heterocycles. The summed E-state index contributed by atoms with van der Waals surface area (Å²) in [6.45, 7) is 0.966. The van der Waals surface area contributed by atoms with Gasteiger partial charge in [0.05, 0.1) is 17.7 Å². The fraction of sp³-hybridized carbons (Fsp3) is 0.545. The molecule has 0 unspecified atom stereocenters. The molecule has 2 rings (SSSR count). The van der Waals surface area contributed by atoms with Crippen molar-refractivity contribution in [3.05, 3.63) is 4.88 Å². The fourth-order valence-electron chi connectivity index (χ4n) is 1.55. The topological polar surface area (TPSA) is 64.3 Å². The number of carbonyl (C=O) groups is 1. The van der Waals surface area contributed by atoms with Crippen LogP contribution in [0.15, 0.2) is 4.90 Å². The Morgan fingerprint density at radius 3 is 2.88 bits per heavy atom. The van der Waals surface area contributed by atoms with Gasteiger partial charge >= 0.3 is 5.97 Å². The van der Waals surface area contributed by atoms with Crippen LogP contribution in [-0.2, 0) is 4.74 Å². The second kappa shape index (κ2) is 5.18. The Kier molecular flexibility index (Phi) is 3.83. The van der Waals surface area contributed by atoms with Gasteiger partial charge in [0.2, 0.25) is 0 Å². The first kappa shape index (κ1) is 12.6. The largest absolute Gasteiger partial charge is 0.465 e. The molecule has 3 N–H and O–H groups in total. The van der Waals surface area contributed by atoms with Crippen molar-refractivity contribution in [2.24, 2.45) is 5.92 Å². The Balaban J connectivity index is 2.20. The number of anilines is 2. The Labute approximate surface area is 109 Å². The summed E-state index contributed by atoms with van der Waals surface area (Å²) in [5.74, 6) is 0.428. The van der Waals surface area contributed by atoms with Crippen LogP contribution in [0.5, 0.6) is 0 Å². The van der Waals surface area contributed by atoms with Crippen LogP contribution in [0.3, 0.4) is 0 Å². The van der Waals surface area contributed by atoms with Crippen molar-refractivity contribution >= 4 is 39.8 Å². The van der Waals surface area contributed by atoms with Gasteiger partial charge in [0.25, 0.3) is 0 Å². The van der Waals surface area contributed by atoms with Gasteiger partial charge in [-0.2, -0.15) is 0 Å². The quantitative estimate of drug-likeness (QED) is 0.637. The Morgan fingerprint density at radius 2 is 2.35 bits per heavy atom. The molecule has 0 saturated heterocycles. The lowest BCUT2D eigenvalue weighted by molar-refractivity contribution is 0.0607. The normalized spacial score (nSPS) is 14.7. The van der Waals surface area contributed by atoms with E-state index in [4.69, 9.17) is 10.5 Å². The molecule has 0 spiro atoms. The maximum atomic E-state index is 11.5. The smallest absolute Gasteiger partial charge is 0.350 e. The molecule has 1 aliphatic carbocycles. The molecular weight excluding hydrogens is 256 g/mol. The van der Waals surface area contributed by atoms with Crippen LogP contribution in [0.4, 0.5) is 10.7 Å². The van der Waals surface area contributed by atoms with Gasteiger partial charge in [-0.05, 0) is 25.0 Å². The summed E-state index contributed by atoms with van der Waals surface area (Å²) >= 11 is 2.94. The molecule has 17 heavy (non-hydrogen) atoms. The minimum Gasteiger partial charge on any atom is -0.465 e. The number of hydrogen-bond donors (Lipinski definition) is 2. The molecular formula is C11H16N2O2S2. The van der Waals surface area contributed by atoms with Gasteiger partial charge in [-0.1, -0.05) is 0 Å². The molecule has 6 heteroatoms. The Morgan fingerprint density at radius 1 is 1.65 bits per heavy atom. The first-order valence-electron chi connectivity index (χ1n) is 5.45. The summed E-state index contributed by atoms with van der Waals surface area (Å²) in [6, 6.07) is 0. The van der Waals surface area contributed by atoms with Gasteiger partial charge in [-0.25, -0.2) is 4.79 Å². The zero-order valence-electron chi connectivity index (χ0n) is 9.91. The van der Waals surface area contributed by atoms with Crippen LogP contribution in [0.1, 0.15) is 22.5 Å². The van der Waals surface area contributed by atoms with E-state index in [-0.39, 0.29) is 5.97 Å². The summed E-state index contributed by atoms with van der Waals surface area (Å²) in [5.41, 5.74) is 6.50. The molecule has 0 amide bonds. The molecule has 0 bridgehead atoms. The third kappa shape index (κ3) is 2.69. The van der Waals surface area contributed by atoms with Crippen molar-refractivity contribution in [3.8, 4) is 0 Å². The SMILES string of the molecule is COC(=O)c1sc(NCC2CC2)c(SC)c1N. The fourth-order valence-corrected chi connectivity index (χ4v) is 3.51. The van der Waals surface area contributed by atoms with Crippen molar-refractivity contribution in [2.75, 3.05) is 31.0 Å². The van der Waals surface area contributed by atoms with E-state index in [0.29, 0.717) is 10.6 Å². The molecule has 0 aromatic carbocycles. The third-order valence-electron chi connectivity index (χ3n) is 2.72. The maximum Gasteiger partial charge on any atom is 0.350 e. The Bertz CT molecular complexity index is 427. The van der Waals surface area contributed by atoms with Gasteiger partial charge in [0.15, 0.2) is 0 Å². The molecule has 1 fully saturated rings. The van der Waals surface area contributed by atoms with Crippen LogP contribution in [-0.4, -0.2) is 25.9 Å². The minimum atomic E-state index is -0.359. The predicted molar refractivity (Wildman–Crippen MR) is 73.1 cm³/mol. The van der Waals surface area contributed by atoms with E-state index in [9.17, 15) is 4.79 Å². The van der Waals surface area contributed by atoms with Crippen LogP contribution >= 0.6 is 23.1 Å². The molecule has 1 aromatic heterocycles. The van der Waals surface area contributed by atoms with Gasteiger partial charge in [-0.3, -0.25) is 0 Å². The Hall–Kier alpha value is -0.880. The lowest BCUT2D eigenvalue weighted by Crippen LogP contribution is -2.02. The van der Waals surface area contributed by atoms with Crippen molar-refractivity contribution in [1.82, 2.24) is 0 Å². The molecule has 4 nitrogen and oxygen atoms in total. The zero-order valence-corrected chi connectivity index (χ0v) is 11.5. The van der Waals surface area contributed by atoms with Crippen LogP contribution < -0.4 is 11.1 Å². The highest BCUT2D eigenvalue weighted by molar-refractivity contribution is 7.99. The van der Waals surface area contributed by atoms with Gasteiger partial charge in [0, 0.05) is 6.54 Å². The van der Waals surface area contributed by atoms with E-state index < -0.39 is 0 Å². The molecule has 94 valence electrons. The molecule has 0 atom stereocenters. The van der Waals surface area contributed by atoms with Crippen molar-refractivity contribution in [1.29, 1.82) is 0 Å². The lowest BCUT2D eigenvalue weighted by Gasteiger charge is -2.04. The summed E-state index contributed by atoms with van der Waals surface area (Å²) in [4.78, 5) is 13.0. The predicted octanol–water partition coefficient (Wildman–Crippen LogP) is 2.66. The summed E-state index contributed by atoms with van der Waals surface area (Å²) < 4.78 is 4.72. The van der Waals surface area contributed by atoms with Crippen molar-refractivity contribution in [2.45, 2.75) is 17.7 Å². The third-order valence-corrected chi connectivity index (χ3v) is 4.83. The monoisotopic (exact) mass is 272 g/mol. The summed E-state index contributed by atoms with van der Waals surface area (Å²) in [5, 5.41) is 4.36. The summed E-state index contributed by atoms with van der Waals surface area (Å²) in [6.07, 6.45) is 4.56. The number of methoxy groups -OCH3 is 1. The number of carbonyl (C=O) groups excluding carboxylic acids is 1. The first-order chi connectivity index (χ1) is 8.17. The number of thioether (sulfide) groups is 1. The van der Waals surface area contributed by atoms with Crippen LogP contribution in [0.25, 0.3) is 0 Å². The minimum absolute atomic E-state index is 0.359. The molecule has 0 aliphatic heterocycles. The van der Waals surface area contributed by atoms with Gasteiger partial charge in [0.1, 0.15) is 9.88 Å². The van der Waals surface area contributed by atoms with Gasteiger partial charge < -0.3 is 15.8 Å². The number of nitrogen functional groups attached to an aromatic ring is 1. The zero-order chi connectivity index (χ0) is 12.4. The number of rotatable bonds is 5. The second-order valence-electron chi connectivity index (χ2n) is 4.02. The standard InChI is InChI=1S/C11H16N2O2S2/c1-15-11(14)9-7(12)8(16-2)10(17-9)13-5-6-3-4-6/h6,13H,3-5,12H2,1-2H3. The van der Waals surface area contributed by atoms with E-state index in [0.717, 1.165) is 22.4 Å². The van der Waals surface area contributed by atoms with E-state index in [1.807, 2.05) is 6.26 Å².